The van der Waals surface area contributed by atoms with Gasteiger partial charge in [-0.25, -0.2) is 0 Å². The van der Waals surface area contributed by atoms with Gasteiger partial charge in [-0.15, -0.1) is 0 Å². The van der Waals surface area contributed by atoms with E-state index in [9.17, 15) is 5.11 Å². The van der Waals surface area contributed by atoms with Crippen LogP contribution in [0, 0.1) is 5.92 Å². The Morgan fingerprint density at radius 2 is 1.94 bits per heavy atom. The minimum absolute atomic E-state index is 0.0345. The number of hydrogen-bond acceptors (Lipinski definition) is 3. The fourth-order valence-electron chi connectivity index (χ4n) is 3.23. The molecule has 0 aromatic heterocycles. The Kier molecular flexibility index (Phi) is 5.05. The molecule has 0 amide bonds. The van der Waals surface area contributed by atoms with Crippen molar-refractivity contribution >= 4 is 0 Å². The van der Waals surface area contributed by atoms with Gasteiger partial charge in [-0.3, -0.25) is 0 Å². The number of aliphatic hydroxyl groups is 1. The number of aliphatic hydroxyl groups excluding tert-OH is 1. The van der Waals surface area contributed by atoms with E-state index in [4.69, 9.17) is 4.74 Å². The van der Waals surface area contributed by atoms with Gasteiger partial charge in [0.05, 0.1) is 11.7 Å². The molecule has 1 saturated heterocycles. The third kappa shape index (κ3) is 3.94. The highest BCUT2D eigenvalue weighted by Gasteiger charge is 2.31. The van der Waals surface area contributed by atoms with E-state index in [1.165, 1.54) is 12.8 Å². The van der Waals surface area contributed by atoms with Gasteiger partial charge >= 0.3 is 0 Å². The molecule has 1 aliphatic heterocycles. The smallest absolute Gasteiger partial charge is 0.0666 e. The lowest BCUT2D eigenvalue weighted by molar-refractivity contribution is -0.0784. The van der Waals surface area contributed by atoms with Crippen LogP contribution in [0.5, 0.6) is 0 Å². The zero-order valence-corrected chi connectivity index (χ0v) is 12.0. The summed E-state index contributed by atoms with van der Waals surface area (Å²) in [4.78, 5) is 0. The molecule has 3 heteroatoms. The Labute approximate surface area is 111 Å². The van der Waals surface area contributed by atoms with Crippen LogP contribution in [0.1, 0.15) is 58.8 Å². The quantitative estimate of drug-likeness (QED) is 0.811. The fraction of sp³-hybridized carbons (Fsp3) is 1.00. The maximum Gasteiger partial charge on any atom is 0.0666 e. The monoisotopic (exact) mass is 255 g/mol. The predicted octanol–water partition coefficient (Wildman–Crippen LogP) is 2.47. The number of rotatable bonds is 4. The molecule has 2 rings (SSSR count). The Morgan fingerprint density at radius 1 is 1.22 bits per heavy atom. The summed E-state index contributed by atoms with van der Waals surface area (Å²) in [6, 6.07) is 0.621. The van der Waals surface area contributed by atoms with Crippen molar-refractivity contribution in [1.82, 2.24) is 5.32 Å². The van der Waals surface area contributed by atoms with E-state index in [1.54, 1.807) is 0 Å². The summed E-state index contributed by atoms with van der Waals surface area (Å²) < 4.78 is 5.88. The second kappa shape index (κ2) is 6.36. The maximum atomic E-state index is 9.51. The van der Waals surface area contributed by atoms with E-state index in [1.807, 2.05) is 0 Å². The van der Waals surface area contributed by atoms with E-state index in [-0.39, 0.29) is 11.7 Å². The van der Waals surface area contributed by atoms with Gasteiger partial charge in [0.25, 0.3) is 0 Å². The summed E-state index contributed by atoms with van der Waals surface area (Å²) in [5, 5.41) is 13.2. The van der Waals surface area contributed by atoms with Crippen LogP contribution in [0.25, 0.3) is 0 Å². The van der Waals surface area contributed by atoms with Crippen molar-refractivity contribution in [2.24, 2.45) is 5.92 Å². The molecule has 2 unspecified atom stereocenters. The van der Waals surface area contributed by atoms with E-state index in [0.29, 0.717) is 6.04 Å². The van der Waals surface area contributed by atoms with Gasteiger partial charge in [0.15, 0.2) is 0 Å². The molecule has 1 aliphatic carbocycles. The SMILES string of the molecule is CCC1(C)CC(NCC2CCC(O)CC2)CCO1. The van der Waals surface area contributed by atoms with Gasteiger partial charge in [0, 0.05) is 12.6 Å². The van der Waals surface area contributed by atoms with Crippen LogP contribution in [-0.4, -0.2) is 36.0 Å². The number of hydrogen-bond donors (Lipinski definition) is 2. The van der Waals surface area contributed by atoms with Crippen molar-refractivity contribution < 1.29 is 9.84 Å². The Morgan fingerprint density at radius 3 is 2.61 bits per heavy atom. The lowest BCUT2D eigenvalue weighted by Gasteiger charge is -2.39. The summed E-state index contributed by atoms with van der Waals surface area (Å²) in [5.41, 5.74) is 0.0820. The van der Waals surface area contributed by atoms with Gasteiger partial charge in [-0.1, -0.05) is 6.92 Å². The normalized spacial score (nSPS) is 41.8. The van der Waals surface area contributed by atoms with Crippen molar-refractivity contribution in [3.63, 3.8) is 0 Å². The van der Waals surface area contributed by atoms with Crippen LogP contribution >= 0.6 is 0 Å². The molecule has 0 bridgehead atoms. The van der Waals surface area contributed by atoms with Crippen LogP contribution in [0.3, 0.4) is 0 Å². The van der Waals surface area contributed by atoms with Crippen molar-refractivity contribution in [3.05, 3.63) is 0 Å². The van der Waals surface area contributed by atoms with Crippen LogP contribution in [-0.2, 0) is 4.74 Å². The lowest BCUT2D eigenvalue weighted by atomic mass is 9.86. The summed E-state index contributed by atoms with van der Waals surface area (Å²) in [5.74, 6) is 0.768. The summed E-state index contributed by atoms with van der Waals surface area (Å²) in [7, 11) is 0. The topological polar surface area (TPSA) is 41.5 Å². The van der Waals surface area contributed by atoms with E-state index >= 15 is 0 Å². The van der Waals surface area contributed by atoms with Crippen LogP contribution in [0.15, 0.2) is 0 Å². The highest BCUT2D eigenvalue weighted by Crippen LogP contribution is 2.28. The number of nitrogens with one attached hydrogen (secondary N) is 1. The largest absolute Gasteiger partial charge is 0.393 e. The van der Waals surface area contributed by atoms with Crippen molar-refractivity contribution in [2.75, 3.05) is 13.2 Å². The first-order valence-corrected chi connectivity index (χ1v) is 7.67. The van der Waals surface area contributed by atoms with Crippen LogP contribution < -0.4 is 5.32 Å². The molecule has 3 nitrogen and oxygen atoms in total. The van der Waals surface area contributed by atoms with Crippen LogP contribution in [0.2, 0.25) is 0 Å². The zero-order chi connectivity index (χ0) is 13.0. The minimum Gasteiger partial charge on any atom is -0.393 e. The molecule has 18 heavy (non-hydrogen) atoms. The average Bonchev–Trinajstić information content (AvgIpc) is 2.38. The molecule has 106 valence electrons. The molecule has 2 atom stereocenters. The number of ether oxygens (including phenoxy) is 1. The van der Waals surface area contributed by atoms with Gasteiger partial charge in [-0.2, -0.15) is 0 Å². The molecule has 1 saturated carbocycles. The fourth-order valence-corrected chi connectivity index (χ4v) is 3.23. The Bertz CT molecular complexity index is 251. The molecule has 0 aromatic carbocycles. The lowest BCUT2D eigenvalue weighted by Crippen LogP contribution is -2.46. The maximum absolute atomic E-state index is 9.51. The first-order chi connectivity index (χ1) is 8.61. The molecular formula is C15H29NO2. The first-order valence-electron chi connectivity index (χ1n) is 7.67. The predicted molar refractivity (Wildman–Crippen MR) is 73.6 cm³/mol. The van der Waals surface area contributed by atoms with Gasteiger partial charge in [-0.05, 0) is 64.3 Å². The van der Waals surface area contributed by atoms with E-state index < -0.39 is 0 Å². The Balaban J connectivity index is 1.70. The highest BCUT2D eigenvalue weighted by molar-refractivity contribution is 4.86. The molecule has 0 aromatic rings. The van der Waals surface area contributed by atoms with Gasteiger partial charge in [0.2, 0.25) is 0 Å². The second-order valence-corrected chi connectivity index (χ2v) is 6.42. The average molecular weight is 255 g/mol. The van der Waals surface area contributed by atoms with E-state index in [0.717, 1.165) is 51.2 Å². The second-order valence-electron chi connectivity index (χ2n) is 6.42. The van der Waals surface area contributed by atoms with Crippen molar-refractivity contribution in [2.45, 2.75) is 76.5 Å². The van der Waals surface area contributed by atoms with Crippen molar-refractivity contribution in [1.29, 1.82) is 0 Å². The van der Waals surface area contributed by atoms with Crippen LogP contribution in [0.4, 0.5) is 0 Å². The highest BCUT2D eigenvalue weighted by atomic mass is 16.5. The third-order valence-corrected chi connectivity index (χ3v) is 4.85. The molecule has 1 heterocycles. The molecule has 2 N–H and O–H groups in total. The van der Waals surface area contributed by atoms with Crippen molar-refractivity contribution in [3.8, 4) is 0 Å². The first kappa shape index (κ1) is 14.3. The van der Waals surface area contributed by atoms with E-state index in [2.05, 4.69) is 19.2 Å². The third-order valence-electron chi connectivity index (χ3n) is 4.85. The van der Waals surface area contributed by atoms with Gasteiger partial charge < -0.3 is 15.2 Å². The molecular weight excluding hydrogens is 226 g/mol. The summed E-state index contributed by atoms with van der Waals surface area (Å²) >= 11 is 0. The summed E-state index contributed by atoms with van der Waals surface area (Å²) in [6.07, 6.45) is 7.70. The van der Waals surface area contributed by atoms with Gasteiger partial charge in [0.1, 0.15) is 0 Å². The molecule has 2 aliphatic rings. The zero-order valence-electron chi connectivity index (χ0n) is 12.0. The minimum atomic E-state index is -0.0345. The summed E-state index contributed by atoms with van der Waals surface area (Å²) in [6.45, 7) is 6.46. The molecule has 2 fully saturated rings. The molecule has 0 spiro atoms. The Hall–Kier alpha value is -0.120. The molecule has 0 radical (unpaired) electrons. The standard InChI is InChI=1S/C15H29NO2/c1-3-15(2)10-13(8-9-18-15)16-11-12-4-6-14(17)7-5-12/h12-14,16-17H,3-11H2,1-2H3.